The maximum atomic E-state index is 5.50. The average Bonchev–Trinajstić information content (AvgIpc) is 3.21. The van der Waals surface area contributed by atoms with Crippen LogP contribution in [0.25, 0.3) is 0 Å². The molecule has 0 unspecified atom stereocenters. The second kappa shape index (κ2) is 9.37. The second-order valence-corrected chi connectivity index (χ2v) is 7.87. The molecule has 150 valence electrons. The van der Waals surface area contributed by atoms with Gasteiger partial charge in [-0.15, -0.1) is 0 Å². The van der Waals surface area contributed by atoms with Crippen LogP contribution in [0.1, 0.15) is 19.4 Å². The topological polar surface area (TPSA) is 40.2 Å². The second-order valence-electron chi connectivity index (χ2n) is 6.92. The lowest BCUT2D eigenvalue weighted by Crippen LogP contribution is -2.31. The van der Waals surface area contributed by atoms with Crippen molar-refractivity contribution in [3.05, 3.63) is 60.2 Å². The van der Waals surface area contributed by atoms with E-state index >= 15 is 0 Å². The molecule has 0 radical (unpaired) electrons. The largest absolute Gasteiger partial charge is 0.373 e. The van der Waals surface area contributed by atoms with E-state index in [4.69, 9.17) is 14.7 Å². The first-order valence-corrected chi connectivity index (χ1v) is 11.1. The first kappa shape index (κ1) is 19.9. The Kier molecular flexibility index (Phi) is 6.42. The lowest BCUT2D eigenvalue weighted by molar-refractivity contribution is -0.547. The fourth-order valence-electron chi connectivity index (χ4n) is 3.49. The minimum atomic E-state index is 0.750. The monoisotopic (exact) mass is 407 g/mol. The number of amidine groups is 1. The highest BCUT2D eigenvalue weighted by Gasteiger charge is 2.34. The van der Waals surface area contributed by atoms with Crippen molar-refractivity contribution in [3.8, 4) is 0 Å². The molecule has 2 aromatic rings. The molecule has 0 amide bonds. The third-order valence-electron chi connectivity index (χ3n) is 5.14. The van der Waals surface area contributed by atoms with E-state index in [0.29, 0.717) is 0 Å². The summed E-state index contributed by atoms with van der Waals surface area (Å²) in [5.41, 5.74) is 4.23. The van der Waals surface area contributed by atoms with Crippen molar-refractivity contribution in [1.82, 2.24) is 0 Å². The van der Waals surface area contributed by atoms with Gasteiger partial charge in [0.05, 0.1) is 18.9 Å². The minimum Gasteiger partial charge on any atom is -0.373 e. The van der Waals surface area contributed by atoms with Crippen LogP contribution in [0.15, 0.2) is 64.6 Å². The van der Waals surface area contributed by atoms with Crippen molar-refractivity contribution in [2.45, 2.75) is 13.8 Å². The molecule has 2 aromatic carbocycles. The van der Waals surface area contributed by atoms with E-state index in [1.54, 1.807) is 11.8 Å². The van der Waals surface area contributed by atoms with Crippen LogP contribution in [0.2, 0.25) is 0 Å². The Bertz CT molecular complexity index is 923. The number of rotatable bonds is 5. The molecule has 0 saturated carbocycles. The molecule has 1 saturated heterocycles. The molecule has 6 heteroatoms. The molecule has 2 aliphatic rings. The fourth-order valence-corrected chi connectivity index (χ4v) is 4.53. The van der Waals surface area contributed by atoms with Crippen LogP contribution in [0.4, 0.5) is 11.4 Å². The summed E-state index contributed by atoms with van der Waals surface area (Å²) in [5.74, 6) is 0. The Hall–Kier alpha value is -2.44. The molecule has 2 heterocycles. The third-order valence-corrected chi connectivity index (χ3v) is 6.15. The lowest BCUT2D eigenvalue weighted by atomic mass is 10.1. The smallest absolute Gasteiger partial charge is 0.361 e. The number of benzene rings is 2. The normalized spacial score (nSPS) is 18.3. The van der Waals surface area contributed by atoms with Gasteiger partial charge in [-0.05, 0) is 43.1 Å². The van der Waals surface area contributed by atoms with Crippen LogP contribution in [-0.2, 0) is 4.74 Å². The number of hydrogen-bond acceptors (Lipinski definition) is 4. The number of anilines is 1. The minimum absolute atomic E-state index is 0.750. The van der Waals surface area contributed by atoms with Gasteiger partial charge in [0.25, 0.3) is 0 Å². The molecule has 0 aliphatic carbocycles. The van der Waals surface area contributed by atoms with Gasteiger partial charge in [0.1, 0.15) is 13.1 Å². The number of aliphatic imine (C=N–C) groups is 2. The summed E-state index contributed by atoms with van der Waals surface area (Å²) in [6.07, 6.45) is 0. The van der Waals surface area contributed by atoms with Crippen molar-refractivity contribution < 1.29 is 9.31 Å². The van der Waals surface area contributed by atoms with Gasteiger partial charge in [-0.1, -0.05) is 30.3 Å². The van der Waals surface area contributed by atoms with Crippen molar-refractivity contribution >= 4 is 39.1 Å². The van der Waals surface area contributed by atoms with E-state index < -0.39 is 0 Å². The van der Waals surface area contributed by atoms with Crippen LogP contribution in [0.3, 0.4) is 0 Å². The Morgan fingerprint density at radius 3 is 2.34 bits per heavy atom. The maximum absolute atomic E-state index is 5.50. The molecule has 1 fully saturated rings. The van der Waals surface area contributed by atoms with E-state index in [0.717, 1.165) is 66.6 Å². The quantitative estimate of drug-likeness (QED) is 0.698. The Morgan fingerprint density at radius 1 is 1.00 bits per heavy atom. The Labute approximate surface area is 176 Å². The molecule has 2 aliphatic heterocycles. The van der Waals surface area contributed by atoms with Gasteiger partial charge < -0.3 is 9.64 Å². The fraction of sp³-hybridized carbons (Fsp3) is 0.348. The predicted octanol–water partition coefficient (Wildman–Crippen LogP) is 4.20. The summed E-state index contributed by atoms with van der Waals surface area (Å²) in [6, 6.07) is 18.8. The third kappa shape index (κ3) is 4.60. The molecule has 4 rings (SSSR count). The first-order chi connectivity index (χ1) is 14.3. The summed E-state index contributed by atoms with van der Waals surface area (Å²) in [4.78, 5) is 12.3. The molecule has 5 nitrogen and oxygen atoms in total. The van der Waals surface area contributed by atoms with Crippen LogP contribution >= 0.6 is 11.8 Å². The van der Waals surface area contributed by atoms with Gasteiger partial charge in [-0.25, -0.2) is 9.57 Å². The molecule has 0 spiro atoms. The summed E-state index contributed by atoms with van der Waals surface area (Å²) in [7, 11) is 0. The van der Waals surface area contributed by atoms with Gasteiger partial charge >= 0.3 is 5.17 Å². The summed E-state index contributed by atoms with van der Waals surface area (Å²) < 4.78 is 7.79. The molecule has 0 aromatic heterocycles. The molecule has 29 heavy (non-hydrogen) atoms. The summed E-state index contributed by atoms with van der Waals surface area (Å²) >= 11 is 1.66. The van der Waals surface area contributed by atoms with Crippen LogP contribution in [0.5, 0.6) is 0 Å². The Morgan fingerprint density at radius 2 is 1.69 bits per heavy atom. The lowest BCUT2D eigenvalue weighted by Gasteiger charge is -2.20. The zero-order valence-corrected chi connectivity index (χ0v) is 17.9. The zero-order valence-electron chi connectivity index (χ0n) is 17.0. The molecule has 0 bridgehead atoms. The van der Waals surface area contributed by atoms with Crippen molar-refractivity contribution in [3.63, 3.8) is 0 Å². The summed E-state index contributed by atoms with van der Waals surface area (Å²) in [5, 5.41) is 1.97. The molecular formula is C23H27N4OS+. The number of nitrogens with zero attached hydrogens (tertiary/aromatic N) is 4. The highest BCUT2D eigenvalue weighted by molar-refractivity contribution is 8.28. The van der Waals surface area contributed by atoms with E-state index in [2.05, 4.69) is 59.7 Å². The van der Waals surface area contributed by atoms with Crippen LogP contribution in [-0.4, -0.2) is 59.9 Å². The highest BCUT2D eigenvalue weighted by atomic mass is 32.2. The first-order valence-electron chi connectivity index (χ1n) is 10.2. The predicted molar refractivity (Wildman–Crippen MR) is 123 cm³/mol. The molecule has 0 atom stereocenters. The number of hydrogen-bond donors (Lipinski definition) is 0. The number of ether oxygens (including phenoxy) is 1. The molecular weight excluding hydrogens is 380 g/mol. The SMILES string of the molecule is CCN(CC)c1ccc(/N=C2/SC(=[N+]3CCOCC3)N=C2c2ccccc2)cc1. The zero-order chi connectivity index (χ0) is 20.1. The van der Waals surface area contributed by atoms with E-state index in [1.807, 2.05) is 18.2 Å². The van der Waals surface area contributed by atoms with E-state index in [1.165, 1.54) is 5.69 Å². The van der Waals surface area contributed by atoms with Gasteiger partial charge in [0, 0.05) is 36.1 Å². The van der Waals surface area contributed by atoms with Crippen LogP contribution in [0, 0.1) is 0 Å². The van der Waals surface area contributed by atoms with Crippen LogP contribution < -0.4 is 4.90 Å². The van der Waals surface area contributed by atoms with E-state index in [9.17, 15) is 0 Å². The van der Waals surface area contributed by atoms with Gasteiger partial charge in [-0.3, -0.25) is 0 Å². The Balaban J connectivity index is 1.67. The van der Waals surface area contributed by atoms with Crippen molar-refractivity contribution in [1.29, 1.82) is 0 Å². The van der Waals surface area contributed by atoms with Gasteiger partial charge in [0.2, 0.25) is 5.71 Å². The van der Waals surface area contributed by atoms with Gasteiger partial charge in [0.15, 0.2) is 5.04 Å². The maximum Gasteiger partial charge on any atom is 0.361 e. The van der Waals surface area contributed by atoms with Gasteiger partial charge in [-0.2, -0.15) is 0 Å². The number of morpholine rings is 1. The highest BCUT2D eigenvalue weighted by Crippen LogP contribution is 2.27. The van der Waals surface area contributed by atoms with Crippen molar-refractivity contribution in [2.75, 3.05) is 44.3 Å². The molecule has 0 N–H and O–H groups in total. The standard InChI is InChI=1S/C23H27N4OS/c1-3-26(4-2)20-12-10-19(11-13-20)24-22-21(18-8-6-5-7-9-18)25-23(29-22)27-14-16-28-17-15-27/h5-13H,3-4,14-17H2,1-2H3/q+1. The summed E-state index contributed by atoms with van der Waals surface area (Å²) in [6.45, 7) is 9.61. The van der Waals surface area contributed by atoms with E-state index in [-0.39, 0.29) is 0 Å². The average molecular weight is 408 g/mol. The van der Waals surface area contributed by atoms with Crippen molar-refractivity contribution in [2.24, 2.45) is 9.98 Å². The number of thioether (sulfide) groups is 1.